The molecular formula is C39H70NO8P. The average molecular weight is 712 g/mol. The molecule has 49 heavy (non-hydrogen) atoms. The van der Waals surface area contributed by atoms with Crippen molar-refractivity contribution < 1.29 is 37.6 Å². The minimum absolute atomic E-state index is 0.0431. The standard InChI is InChI=1S/C39H70NO8P/c1-3-5-7-9-11-13-15-16-17-18-19-20-22-24-26-28-30-32-39(42)48-37(36-47-49(43,44)46-34-33-40)35-45-38(41)31-29-27-25-23-21-14-12-10-8-6-4-2/h10,12,16-17,19-20,24,26,37H,3-9,11,13-15,18,21-23,25,27-36,40H2,1-2H3,(H,43,44)/b12-10+,17-16+,20-19+,26-24+/t37-/m1/s1. The van der Waals surface area contributed by atoms with E-state index in [1.54, 1.807) is 0 Å². The van der Waals surface area contributed by atoms with Gasteiger partial charge in [0.1, 0.15) is 6.61 Å². The summed E-state index contributed by atoms with van der Waals surface area (Å²) in [4.78, 5) is 34.6. The van der Waals surface area contributed by atoms with Gasteiger partial charge in [-0.1, -0.05) is 127 Å². The van der Waals surface area contributed by atoms with Crippen LogP contribution >= 0.6 is 7.82 Å². The highest BCUT2D eigenvalue weighted by atomic mass is 31.2. The van der Waals surface area contributed by atoms with Crippen LogP contribution in [0.1, 0.15) is 155 Å². The van der Waals surface area contributed by atoms with Gasteiger partial charge in [0, 0.05) is 19.4 Å². The molecule has 284 valence electrons. The molecule has 0 aromatic heterocycles. The molecule has 9 nitrogen and oxygen atoms in total. The molecule has 0 fully saturated rings. The minimum Gasteiger partial charge on any atom is -0.462 e. The molecule has 0 aromatic rings. The van der Waals surface area contributed by atoms with Crippen molar-refractivity contribution in [2.45, 2.75) is 161 Å². The maximum Gasteiger partial charge on any atom is 0.472 e. The second-order valence-electron chi connectivity index (χ2n) is 12.4. The molecule has 0 radical (unpaired) electrons. The minimum atomic E-state index is -4.39. The Bertz CT molecular complexity index is 949. The zero-order valence-corrected chi connectivity index (χ0v) is 31.8. The summed E-state index contributed by atoms with van der Waals surface area (Å²) in [6.07, 6.45) is 38.7. The highest BCUT2D eigenvalue weighted by Crippen LogP contribution is 2.43. The maximum absolute atomic E-state index is 12.5. The second kappa shape index (κ2) is 35.8. The van der Waals surface area contributed by atoms with Crippen molar-refractivity contribution in [2.75, 3.05) is 26.4 Å². The molecule has 0 saturated heterocycles. The lowest BCUT2D eigenvalue weighted by molar-refractivity contribution is -0.161. The summed E-state index contributed by atoms with van der Waals surface area (Å²) in [6, 6.07) is 0. The number of hydrogen-bond acceptors (Lipinski definition) is 8. The summed E-state index contributed by atoms with van der Waals surface area (Å²) < 4.78 is 32.5. The van der Waals surface area contributed by atoms with Crippen LogP contribution in [-0.2, 0) is 32.7 Å². The lowest BCUT2D eigenvalue weighted by Crippen LogP contribution is -2.29. The SMILES string of the molecule is CCCC/C=C/CCCCCCCC(=O)OC[C@H](COP(=O)(O)OCCN)OC(=O)CCC/C=C/C/C=C/C/C=C/CCCCCCCC. The Balaban J connectivity index is 4.33. The first-order valence-corrected chi connectivity index (χ1v) is 20.6. The van der Waals surface area contributed by atoms with Gasteiger partial charge in [-0.2, -0.15) is 0 Å². The molecular weight excluding hydrogens is 641 g/mol. The van der Waals surface area contributed by atoms with Gasteiger partial charge in [0.05, 0.1) is 13.2 Å². The first-order valence-electron chi connectivity index (χ1n) is 19.1. The van der Waals surface area contributed by atoms with E-state index in [2.05, 4.69) is 56.4 Å². The van der Waals surface area contributed by atoms with Gasteiger partial charge in [-0.05, 0) is 64.2 Å². The summed E-state index contributed by atoms with van der Waals surface area (Å²) in [7, 11) is -4.39. The van der Waals surface area contributed by atoms with Gasteiger partial charge in [0.25, 0.3) is 0 Å². The maximum atomic E-state index is 12.5. The Kier molecular flexibility index (Phi) is 34.3. The summed E-state index contributed by atoms with van der Waals surface area (Å²) in [6.45, 7) is 3.59. The van der Waals surface area contributed by atoms with Gasteiger partial charge >= 0.3 is 19.8 Å². The number of unbranched alkanes of at least 4 members (excludes halogenated alkanes) is 14. The number of esters is 2. The highest BCUT2D eigenvalue weighted by molar-refractivity contribution is 7.47. The van der Waals surface area contributed by atoms with E-state index < -0.39 is 32.5 Å². The molecule has 0 bridgehead atoms. The summed E-state index contributed by atoms with van der Waals surface area (Å²) >= 11 is 0. The average Bonchev–Trinajstić information content (AvgIpc) is 3.08. The molecule has 0 heterocycles. The summed E-state index contributed by atoms with van der Waals surface area (Å²) in [5.41, 5.74) is 5.32. The van der Waals surface area contributed by atoms with Crippen LogP contribution in [0.3, 0.4) is 0 Å². The predicted octanol–water partition coefficient (Wildman–Crippen LogP) is 10.4. The monoisotopic (exact) mass is 711 g/mol. The van der Waals surface area contributed by atoms with E-state index in [-0.39, 0.29) is 32.6 Å². The number of allylic oxidation sites excluding steroid dienone is 8. The van der Waals surface area contributed by atoms with Crippen molar-refractivity contribution in [1.29, 1.82) is 0 Å². The van der Waals surface area contributed by atoms with Crippen LogP contribution in [0.5, 0.6) is 0 Å². The normalized spacial score (nSPS) is 14.0. The van der Waals surface area contributed by atoms with Crippen LogP contribution in [0.15, 0.2) is 48.6 Å². The number of phosphoric ester groups is 1. The lowest BCUT2D eigenvalue weighted by Gasteiger charge is -2.19. The van der Waals surface area contributed by atoms with E-state index in [0.29, 0.717) is 19.3 Å². The van der Waals surface area contributed by atoms with Crippen molar-refractivity contribution >= 4 is 19.8 Å². The number of rotatable bonds is 35. The molecule has 0 rings (SSSR count). The topological polar surface area (TPSA) is 134 Å². The van der Waals surface area contributed by atoms with Crippen molar-refractivity contribution in [3.05, 3.63) is 48.6 Å². The smallest absolute Gasteiger partial charge is 0.462 e. The molecule has 0 aliphatic heterocycles. The first kappa shape index (κ1) is 47.0. The van der Waals surface area contributed by atoms with Crippen molar-refractivity contribution in [3.63, 3.8) is 0 Å². The predicted molar refractivity (Wildman–Crippen MR) is 201 cm³/mol. The fourth-order valence-corrected chi connectivity index (χ4v) is 5.57. The quantitative estimate of drug-likeness (QED) is 0.0285. The van der Waals surface area contributed by atoms with Crippen LogP contribution in [0, 0.1) is 0 Å². The molecule has 0 aliphatic carbocycles. The number of carbonyl (C=O) groups is 2. The van der Waals surface area contributed by atoms with E-state index in [1.165, 1.54) is 51.4 Å². The zero-order chi connectivity index (χ0) is 36.1. The second-order valence-corrected chi connectivity index (χ2v) is 13.9. The van der Waals surface area contributed by atoms with Crippen LogP contribution in [0.4, 0.5) is 0 Å². The third-order valence-electron chi connectivity index (χ3n) is 7.69. The Morgan fingerprint density at radius 3 is 1.71 bits per heavy atom. The van der Waals surface area contributed by atoms with Crippen LogP contribution in [0.2, 0.25) is 0 Å². The molecule has 0 aromatic carbocycles. The number of hydrogen-bond donors (Lipinski definition) is 2. The lowest BCUT2D eigenvalue weighted by atomic mass is 10.1. The Morgan fingerprint density at radius 1 is 0.612 bits per heavy atom. The van der Waals surface area contributed by atoms with Crippen LogP contribution in [-0.4, -0.2) is 49.3 Å². The Labute approximate surface area is 298 Å². The van der Waals surface area contributed by atoms with Crippen molar-refractivity contribution in [2.24, 2.45) is 5.73 Å². The first-order chi connectivity index (χ1) is 23.8. The van der Waals surface area contributed by atoms with Gasteiger partial charge in [-0.25, -0.2) is 4.57 Å². The van der Waals surface area contributed by atoms with Gasteiger partial charge < -0.3 is 20.1 Å². The van der Waals surface area contributed by atoms with E-state index in [1.807, 2.05) is 6.08 Å². The van der Waals surface area contributed by atoms with Gasteiger partial charge in [0.2, 0.25) is 0 Å². The van der Waals surface area contributed by atoms with Crippen LogP contribution in [0.25, 0.3) is 0 Å². The fraction of sp³-hybridized carbons (Fsp3) is 0.744. The summed E-state index contributed by atoms with van der Waals surface area (Å²) in [5, 5.41) is 0. The molecule has 0 amide bonds. The van der Waals surface area contributed by atoms with E-state index in [9.17, 15) is 19.0 Å². The number of phosphoric acid groups is 1. The largest absolute Gasteiger partial charge is 0.472 e. The Morgan fingerprint density at radius 2 is 1.10 bits per heavy atom. The van der Waals surface area contributed by atoms with E-state index in [0.717, 1.165) is 57.8 Å². The molecule has 0 aliphatic rings. The highest BCUT2D eigenvalue weighted by Gasteiger charge is 2.25. The zero-order valence-electron chi connectivity index (χ0n) is 30.9. The molecule has 0 saturated carbocycles. The summed E-state index contributed by atoms with van der Waals surface area (Å²) in [5.74, 6) is -0.906. The molecule has 2 atom stereocenters. The fourth-order valence-electron chi connectivity index (χ4n) is 4.81. The van der Waals surface area contributed by atoms with Gasteiger partial charge in [-0.3, -0.25) is 18.6 Å². The van der Waals surface area contributed by atoms with Gasteiger partial charge in [-0.15, -0.1) is 0 Å². The third kappa shape index (κ3) is 35.6. The van der Waals surface area contributed by atoms with Crippen molar-refractivity contribution in [1.82, 2.24) is 0 Å². The van der Waals surface area contributed by atoms with E-state index >= 15 is 0 Å². The van der Waals surface area contributed by atoms with Crippen molar-refractivity contribution in [3.8, 4) is 0 Å². The molecule has 0 spiro atoms. The number of ether oxygens (including phenoxy) is 2. The van der Waals surface area contributed by atoms with Crippen LogP contribution < -0.4 is 5.73 Å². The third-order valence-corrected chi connectivity index (χ3v) is 8.67. The number of carbonyl (C=O) groups excluding carboxylic acids is 2. The number of nitrogens with two attached hydrogens (primary N) is 1. The Hall–Kier alpha value is -2.03. The molecule has 1 unspecified atom stereocenters. The molecule has 10 heteroatoms. The van der Waals surface area contributed by atoms with E-state index in [4.69, 9.17) is 24.3 Å². The van der Waals surface area contributed by atoms with Gasteiger partial charge in [0.15, 0.2) is 6.10 Å². The molecule has 3 N–H and O–H groups in total.